The second kappa shape index (κ2) is 7.41. The van der Waals surface area contributed by atoms with Gasteiger partial charge in [0.15, 0.2) is 5.84 Å². The quantitative estimate of drug-likeness (QED) is 0.317. The van der Waals surface area contributed by atoms with Gasteiger partial charge in [-0.05, 0) is 18.4 Å². The lowest BCUT2D eigenvalue weighted by molar-refractivity contribution is -0.125. The minimum atomic E-state index is 0.0765. The summed E-state index contributed by atoms with van der Waals surface area (Å²) in [6.07, 6.45) is 1.70. The molecule has 0 aromatic heterocycles. The van der Waals surface area contributed by atoms with E-state index in [1.54, 1.807) is 12.1 Å². The molecule has 1 aromatic carbocycles. The Morgan fingerprint density at radius 3 is 2.37 bits per heavy atom. The van der Waals surface area contributed by atoms with Crippen LogP contribution in [0.2, 0.25) is 0 Å². The van der Waals surface area contributed by atoms with Gasteiger partial charge in [-0.1, -0.05) is 43.3 Å². The molecule has 0 aliphatic rings. The Labute approximate surface area is 113 Å². The number of benzene rings is 1. The Hall–Kier alpha value is -2.04. The number of hydrogen-bond acceptors (Lipinski definition) is 3. The van der Waals surface area contributed by atoms with Gasteiger partial charge in [-0.15, -0.1) is 0 Å². The zero-order valence-corrected chi connectivity index (χ0v) is 11.4. The predicted molar refractivity (Wildman–Crippen MR) is 74.9 cm³/mol. The molecule has 0 aliphatic heterocycles. The SMILES string of the molecule is CCC(CC)C(=O)NCc1ccc(C(N)=NO)cc1. The summed E-state index contributed by atoms with van der Waals surface area (Å²) in [4.78, 5) is 11.8. The van der Waals surface area contributed by atoms with Gasteiger partial charge in [-0.25, -0.2) is 0 Å². The van der Waals surface area contributed by atoms with E-state index in [2.05, 4.69) is 10.5 Å². The van der Waals surface area contributed by atoms with Gasteiger partial charge < -0.3 is 16.3 Å². The van der Waals surface area contributed by atoms with E-state index in [4.69, 9.17) is 10.9 Å². The number of rotatable bonds is 6. The van der Waals surface area contributed by atoms with E-state index < -0.39 is 0 Å². The molecular formula is C14H21N3O2. The van der Waals surface area contributed by atoms with E-state index in [0.29, 0.717) is 12.1 Å². The number of nitrogens with zero attached hydrogens (tertiary/aromatic N) is 1. The third-order valence-corrected chi connectivity index (χ3v) is 3.18. The Morgan fingerprint density at radius 2 is 1.89 bits per heavy atom. The van der Waals surface area contributed by atoms with E-state index in [9.17, 15) is 4.79 Å². The molecular weight excluding hydrogens is 242 g/mol. The number of oxime groups is 1. The van der Waals surface area contributed by atoms with Gasteiger partial charge in [0.2, 0.25) is 5.91 Å². The molecule has 0 saturated carbocycles. The Balaban J connectivity index is 2.57. The number of carbonyl (C=O) groups excluding carboxylic acids is 1. The van der Waals surface area contributed by atoms with Crippen LogP contribution in [0.5, 0.6) is 0 Å². The number of carbonyl (C=O) groups is 1. The topological polar surface area (TPSA) is 87.7 Å². The van der Waals surface area contributed by atoms with E-state index in [-0.39, 0.29) is 17.7 Å². The maximum atomic E-state index is 11.8. The first kappa shape index (κ1) is 15.0. The van der Waals surface area contributed by atoms with Crippen molar-refractivity contribution in [1.29, 1.82) is 0 Å². The van der Waals surface area contributed by atoms with Crippen LogP contribution in [0.25, 0.3) is 0 Å². The lowest BCUT2D eigenvalue weighted by Gasteiger charge is -2.12. The summed E-state index contributed by atoms with van der Waals surface area (Å²) in [6.45, 7) is 4.52. The van der Waals surface area contributed by atoms with Gasteiger partial charge >= 0.3 is 0 Å². The zero-order valence-electron chi connectivity index (χ0n) is 11.4. The van der Waals surface area contributed by atoms with Crippen LogP contribution in [0.1, 0.15) is 37.8 Å². The average molecular weight is 263 g/mol. The van der Waals surface area contributed by atoms with Crippen molar-refractivity contribution in [3.63, 3.8) is 0 Å². The first-order valence-corrected chi connectivity index (χ1v) is 6.46. The first-order chi connectivity index (χ1) is 9.12. The number of nitrogens with one attached hydrogen (secondary N) is 1. The van der Waals surface area contributed by atoms with Crippen molar-refractivity contribution in [3.05, 3.63) is 35.4 Å². The smallest absolute Gasteiger partial charge is 0.223 e. The third kappa shape index (κ3) is 4.28. The minimum absolute atomic E-state index is 0.0765. The number of hydrogen-bond donors (Lipinski definition) is 3. The third-order valence-electron chi connectivity index (χ3n) is 3.18. The van der Waals surface area contributed by atoms with Crippen LogP contribution < -0.4 is 11.1 Å². The highest BCUT2D eigenvalue weighted by Gasteiger charge is 2.13. The fourth-order valence-electron chi connectivity index (χ4n) is 1.84. The van der Waals surface area contributed by atoms with Crippen molar-refractivity contribution in [2.45, 2.75) is 33.2 Å². The standard InChI is InChI=1S/C14H21N3O2/c1-3-11(4-2)14(18)16-9-10-5-7-12(8-6-10)13(15)17-19/h5-8,11,19H,3-4,9H2,1-2H3,(H2,15,17)(H,16,18). The number of nitrogens with two attached hydrogens (primary N) is 1. The van der Waals surface area contributed by atoms with Gasteiger partial charge in [0.25, 0.3) is 0 Å². The molecule has 1 rings (SSSR count). The molecule has 0 saturated heterocycles. The summed E-state index contributed by atoms with van der Waals surface area (Å²) in [5, 5.41) is 14.4. The molecule has 0 spiro atoms. The molecule has 104 valence electrons. The van der Waals surface area contributed by atoms with Crippen molar-refractivity contribution < 1.29 is 10.0 Å². The van der Waals surface area contributed by atoms with Crippen molar-refractivity contribution in [3.8, 4) is 0 Å². The van der Waals surface area contributed by atoms with Gasteiger partial charge in [0.1, 0.15) is 0 Å². The Bertz CT molecular complexity index is 437. The molecule has 0 bridgehead atoms. The van der Waals surface area contributed by atoms with E-state index in [0.717, 1.165) is 18.4 Å². The fourth-order valence-corrected chi connectivity index (χ4v) is 1.84. The van der Waals surface area contributed by atoms with Crippen LogP contribution in [0.3, 0.4) is 0 Å². The van der Waals surface area contributed by atoms with Gasteiger partial charge in [-0.3, -0.25) is 4.79 Å². The molecule has 0 unspecified atom stereocenters. The predicted octanol–water partition coefficient (Wildman–Crippen LogP) is 1.83. The molecule has 0 heterocycles. The van der Waals surface area contributed by atoms with Gasteiger partial charge in [0, 0.05) is 18.0 Å². The zero-order chi connectivity index (χ0) is 14.3. The lowest BCUT2D eigenvalue weighted by atomic mass is 10.0. The summed E-state index contributed by atoms with van der Waals surface area (Å²) >= 11 is 0. The molecule has 0 fully saturated rings. The highest BCUT2D eigenvalue weighted by atomic mass is 16.4. The molecule has 5 nitrogen and oxygen atoms in total. The van der Waals surface area contributed by atoms with Crippen molar-refractivity contribution in [2.75, 3.05) is 0 Å². The second-order valence-corrected chi connectivity index (χ2v) is 4.41. The molecule has 5 heteroatoms. The van der Waals surface area contributed by atoms with Crippen LogP contribution in [-0.4, -0.2) is 17.0 Å². The molecule has 1 aromatic rings. The van der Waals surface area contributed by atoms with Crippen LogP contribution in [0.15, 0.2) is 29.4 Å². The van der Waals surface area contributed by atoms with E-state index >= 15 is 0 Å². The summed E-state index contributed by atoms with van der Waals surface area (Å²) in [5.74, 6) is 0.245. The highest BCUT2D eigenvalue weighted by molar-refractivity contribution is 5.96. The van der Waals surface area contributed by atoms with Crippen molar-refractivity contribution >= 4 is 11.7 Å². The largest absolute Gasteiger partial charge is 0.409 e. The van der Waals surface area contributed by atoms with E-state index in [1.165, 1.54) is 0 Å². The molecule has 0 aliphatic carbocycles. The van der Waals surface area contributed by atoms with Gasteiger partial charge in [0.05, 0.1) is 0 Å². The maximum Gasteiger partial charge on any atom is 0.223 e. The normalized spacial score (nSPS) is 11.6. The molecule has 4 N–H and O–H groups in total. The van der Waals surface area contributed by atoms with Crippen LogP contribution >= 0.6 is 0 Å². The van der Waals surface area contributed by atoms with Crippen LogP contribution in [0.4, 0.5) is 0 Å². The van der Waals surface area contributed by atoms with Crippen molar-refractivity contribution in [1.82, 2.24) is 5.32 Å². The monoisotopic (exact) mass is 263 g/mol. The number of amides is 1. The lowest BCUT2D eigenvalue weighted by Crippen LogP contribution is -2.29. The van der Waals surface area contributed by atoms with Crippen LogP contribution in [0, 0.1) is 5.92 Å². The second-order valence-electron chi connectivity index (χ2n) is 4.41. The highest BCUT2D eigenvalue weighted by Crippen LogP contribution is 2.08. The summed E-state index contributed by atoms with van der Waals surface area (Å²) in [5.41, 5.74) is 7.10. The van der Waals surface area contributed by atoms with Crippen LogP contribution in [-0.2, 0) is 11.3 Å². The van der Waals surface area contributed by atoms with Gasteiger partial charge in [-0.2, -0.15) is 0 Å². The summed E-state index contributed by atoms with van der Waals surface area (Å²) in [6, 6.07) is 7.21. The molecule has 1 amide bonds. The summed E-state index contributed by atoms with van der Waals surface area (Å²) < 4.78 is 0. The minimum Gasteiger partial charge on any atom is -0.409 e. The maximum absolute atomic E-state index is 11.8. The molecule has 0 atom stereocenters. The summed E-state index contributed by atoms with van der Waals surface area (Å²) in [7, 11) is 0. The molecule has 19 heavy (non-hydrogen) atoms. The van der Waals surface area contributed by atoms with Crippen molar-refractivity contribution in [2.24, 2.45) is 16.8 Å². The first-order valence-electron chi connectivity index (χ1n) is 6.46. The van der Waals surface area contributed by atoms with E-state index in [1.807, 2.05) is 26.0 Å². The Morgan fingerprint density at radius 1 is 1.32 bits per heavy atom. The number of amidine groups is 1. The Kier molecular flexibility index (Phi) is 5.85. The molecule has 0 radical (unpaired) electrons. The average Bonchev–Trinajstić information content (AvgIpc) is 2.46. The fraction of sp³-hybridized carbons (Fsp3) is 0.429.